The number of carbonyl (C=O) groups excluding carboxylic acids is 3. The largest absolute Gasteiger partial charge is 0.481 e. The van der Waals surface area contributed by atoms with Gasteiger partial charge < -0.3 is 20.1 Å². The van der Waals surface area contributed by atoms with E-state index >= 15 is 0 Å². The average Bonchev–Trinajstić information content (AvgIpc) is 3.03. The van der Waals surface area contributed by atoms with Gasteiger partial charge in [0, 0.05) is 16.7 Å². The van der Waals surface area contributed by atoms with E-state index in [-0.39, 0.29) is 55.1 Å². The number of hydrogen-bond acceptors (Lipinski definition) is 7. The normalized spacial score (nSPS) is 42.8. The Kier molecular flexibility index (Phi) is 6.13. The Hall–Kier alpha value is -2.32. The van der Waals surface area contributed by atoms with E-state index in [1.54, 1.807) is 12.2 Å². The summed E-state index contributed by atoms with van der Waals surface area (Å²) in [5, 5.41) is 31.7. The quantitative estimate of drug-likeness (QED) is 0.498. The number of esters is 1. The molecule has 0 bridgehead atoms. The van der Waals surface area contributed by atoms with Crippen LogP contribution < -0.4 is 0 Å². The molecule has 0 aromatic carbocycles. The molecule has 8 heteroatoms. The standard InChI is InChI=1S/C26H34O8/c1-14-10-16-17-7-9-26(33,20(29)13-34-22(32)5-4-21(30)31)25(17,3)12-19(28)23(16)24(2)8-6-15(27)11-18(14)24/h6,8,11,14,16-17,19,23,28,33H,4-5,7,9-10,12-13H2,1-3H3,(H,30,31)/t14-,16+,17+,19-,23-,24-,25-,26-/m0/s1. The second kappa shape index (κ2) is 8.41. The number of aliphatic hydroxyl groups is 2. The molecule has 186 valence electrons. The van der Waals surface area contributed by atoms with Crippen molar-refractivity contribution in [2.45, 2.75) is 71.0 Å². The number of fused-ring (bicyclic) bond motifs is 5. The first-order valence-electron chi connectivity index (χ1n) is 12.1. The van der Waals surface area contributed by atoms with Crippen LogP contribution in [0.3, 0.4) is 0 Å². The molecule has 3 saturated carbocycles. The molecule has 0 radical (unpaired) electrons. The molecular formula is C26H34O8. The van der Waals surface area contributed by atoms with Crippen LogP contribution in [0.25, 0.3) is 0 Å². The van der Waals surface area contributed by atoms with Crippen LogP contribution in [-0.2, 0) is 23.9 Å². The summed E-state index contributed by atoms with van der Waals surface area (Å²) in [4.78, 5) is 47.7. The number of carbonyl (C=O) groups is 4. The number of ether oxygens (including phenoxy) is 1. The van der Waals surface area contributed by atoms with Crippen LogP contribution in [-0.4, -0.2) is 57.1 Å². The Morgan fingerprint density at radius 3 is 2.59 bits per heavy atom. The van der Waals surface area contributed by atoms with E-state index in [0.717, 1.165) is 12.0 Å². The van der Waals surface area contributed by atoms with E-state index < -0.39 is 46.9 Å². The Labute approximate surface area is 199 Å². The molecule has 0 aromatic heterocycles. The summed E-state index contributed by atoms with van der Waals surface area (Å²) in [5.74, 6) is -2.51. The van der Waals surface area contributed by atoms with Crippen LogP contribution in [0.4, 0.5) is 0 Å². The molecule has 34 heavy (non-hydrogen) atoms. The van der Waals surface area contributed by atoms with Crippen molar-refractivity contribution in [2.24, 2.45) is 34.5 Å². The van der Waals surface area contributed by atoms with Crippen molar-refractivity contribution >= 4 is 23.5 Å². The number of aliphatic hydroxyl groups excluding tert-OH is 1. The summed E-state index contributed by atoms with van der Waals surface area (Å²) in [6.45, 7) is 5.40. The number of carboxylic acids is 1. The first-order chi connectivity index (χ1) is 15.8. The molecule has 4 aliphatic rings. The lowest BCUT2D eigenvalue weighted by molar-refractivity contribution is -0.182. The minimum Gasteiger partial charge on any atom is -0.481 e. The van der Waals surface area contributed by atoms with Crippen LogP contribution in [0.2, 0.25) is 0 Å². The van der Waals surface area contributed by atoms with Gasteiger partial charge in [0.1, 0.15) is 5.60 Å². The van der Waals surface area contributed by atoms with Crippen molar-refractivity contribution in [3.8, 4) is 0 Å². The molecule has 3 N–H and O–H groups in total. The number of ketones is 2. The summed E-state index contributed by atoms with van der Waals surface area (Å²) in [6, 6.07) is 0. The lowest BCUT2D eigenvalue weighted by Gasteiger charge is -2.60. The Balaban J connectivity index is 1.56. The number of Topliss-reactive ketones (excluding diaryl/α,β-unsaturated/α-hetero) is 1. The number of carboxylic acid groups (broad SMARTS) is 1. The molecule has 4 rings (SSSR count). The maximum atomic E-state index is 13.1. The second-order valence-electron chi connectivity index (χ2n) is 11.1. The summed E-state index contributed by atoms with van der Waals surface area (Å²) in [7, 11) is 0. The maximum Gasteiger partial charge on any atom is 0.306 e. The lowest BCUT2D eigenvalue weighted by Crippen LogP contribution is -2.62. The molecule has 0 aliphatic heterocycles. The van der Waals surface area contributed by atoms with E-state index in [0.29, 0.717) is 6.42 Å². The fraction of sp³-hybridized carbons (Fsp3) is 0.692. The predicted octanol–water partition coefficient (Wildman–Crippen LogP) is 2.22. The van der Waals surface area contributed by atoms with E-state index in [2.05, 4.69) is 13.8 Å². The van der Waals surface area contributed by atoms with Gasteiger partial charge in [-0.15, -0.1) is 0 Å². The molecule has 8 atom stereocenters. The highest BCUT2D eigenvalue weighted by Gasteiger charge is 2.68. The Bertz CT molecular complexity index is 981. The Morgan fingerprint density at radius 1 is 1.21 bits per heavy atom. The highest BCUT2D eigenvalue weighted by atomic mass is 16.5. The average molecular weight is 475 g/mol. The highest BCUT2D eigenvalue weighted by molar-refractivity contribution is 6.01. The van der Waals surface area contributed by atoms with Crippen LogP contribution in [0.5, 0.6) is 0 Å². The van der Waals surface area contributed by atoms with Crippen molar-refractivity contribution < 1.29 is 39.2 Å². The third-order valence-electron chi connectivity index (χ3n) is 9.34. The SMILES string of the molecule is C[C@H]1C[C@H]2[C@@H]([C@@H](O)C[C@@]3(C)[C@@H]2CC[C@]3(O)C(=O)COC(=O)CCC(=O)O)[C@@]2(C)C=CC(=O)C=C12. The predicted molar refractivity (Wildman–Crippen MR) is 120 cm³/mol. The van der Waals surface area contributed by atoms with Gasteiger partial charge in [0.05, 0.1) is 18.9 Å². The van der Waals surface area contributed by atoms with Crippen LogP contribution in [0.15, 0.2) is 23.8 Å². The molecule has 8 nitrogen and oxygen atoms in total. The van der Waals surface area contributed by atoms with Gasteiger partial charge in [0.25, 0.3) is 0 Å². The molecule has 0 spiro atoms. The van der Waals surface area contributed by atoms with Gasteiger partial charge in [0.2, 0.25) is 5.78 Å². The summed E-state index contributed by atoms with van der Waals surface area (Å²) >= 11 is 0. The number of aliphatic carboxylic acids is 1. The lowest BCUT2D eigenvalue weighted by atomic mass is 9.45. The maximum absolute atomic E-state index is 13.1. The van der Waals surface area contributed by atoms with Gasteiger partial charge in [-0.1, -0.05) is 32.4 Å². The third kappa shape index (κ3) is 3.66. The summed E-state index contributed by atoms with van der Waals surface area (Å²) in [5.41, 5.74) is -2.04. The molecule has 0 aromatic rings. The zero-order valence-corrected chi connectivity index (χ0v) is 20.0. The van der Waals surface area contributed by atoms with Crippen molar-refractivity contribution in [1.29, 1.82) is 0 Å². The van der Waals surface area contributed by atoms with Crippen molar-refractivity contribution in [1.82, 2.24) is 0 Å². The van der Waals surface area contributed by atoms with E-state index in [1.165, 1.54) is 0 Å². The van der Waals surface area contributed by atoms with Gasteiger partial charge in [-0.2, -0.15) is 0 Å². The van der Waals surface area contributed by atoms with Gasteiger partial charge >= 0.3 is 11.9 Å². The van der Waals surface area contributed by atoms with Gasteiger partial charge in [-0.25, -0.2) is 0 Å². The smallest absolute Gasteiger partial charge is 0.306 e. The fourth-order valence-corrected chi connectivity index (χ4v) is 7.76. The molecular weight excluding hydrogens is 440 g/mol. The Morgan fingerprint density at radius 2 is 1.91 bits per heavy atom. The van der Waals surface area contributed by atoms with Crippen LogP contribution >= 0.6 is 0 Å². The van der Waals surface area contributed by atoms with Crippen molar-refractivity contribution in [3.05, 3.63) is 23.8 Å². The number of rotatable bonds is 6. The minimum atomic E-state index is -1.74. The number of hydrogen-bond donors (Lipinski definition) is 3. The first kappa shape index (κ1) is 24.8. The van der Waals surface area contributed by atoms with Gasteiger partial charge in [-0.3, -0.25) is 19.2 Å². The fourth-order valence-electron chi connectivity index (χ4n) is 7.76. The molecule has 0 unspecified atom stereocenters. The zero-order valence-electron chi connectivity index (χ0n) is 20.0. The third-order valence-corrected chi connectivity index (χ3v) is 9.34. The van der Waals surface area contributed by atoms with E-state index in [4.69, 9.17) is 9.84 Å². The molecule has 3 fully saturated rings. The molecule has 0 amide bonds. The monoisotopic (exact) mass is 474 g/mol. The second-order valence-corrected chi connectivity index (χ2v) is 11.1. The topological polar surface area (TPSA) is 138 Å². The number of allylic oxidation sites excluding steroid dienone is 4. The zero-order chi connectivity index (χ0) is 25.1. The van der Waals surface area contributed by atoms with Crippen molar-refractivity contribution in [2.75, 3.05) is 6.61 Å². The summed E-state index contributed by atoms with van der Waals surface area (Å²) in [6.07, 6.45) is 5.52. The molecule has 4 aliphatic carbocycles. The van der Waals surface area contributed by atoms with Crippen LogP contribution in [0, 0.1) is 34.5 Å². The first-order valence-corrected chi connectivity index (χ1v) is 12.1. The minimum absolute atomic E-state index is 0.00980. The van der Waals surface area contributed by atoms with Gasteiger partial charge in [-0.05, 0) is 55.6 Å². The highest BCUT2D eigenvalue weighted by Crippen LogP contribution is 2.67. The van der Waals surface area contributed by atoms with Crippen LogP contribution in [0.1, 0.15) is 59.3 Å². The van der Waals surface area contributed by atoms with Gasteiger partial charge in [0.15, 0.2) is 12.4 Å². The molecule has 0 heterocycles. The summed E-state index contributed by atoms with van der Waals surface area (Å²) < 4.78 is 4.98. The molecule has 0 saturated heterocycles. The van der Waals surface area contributed by atoms with E-state index in [1.807, 2.05) is 13.0 Å². The van der Waals surface area contributed by atoms with E-state index in [9.17, 15) is 29.4 Å². The van der Waals surface area contributed by atoms with Crippen molar-refractivity contribution in [3.63, 3.8) is 0 Å².